The summed E-state index contributed by atoms with van der Waals surface area (Å²) in [6.07, 6.45) is 3.58. The number of anilines is 1. The Hall–Kier alpha value is -1.92. The Kier molecular flexibility index (Phi) is 5.39. The van der Waals surface area contributed by atoms with Crippen molar-refractivity contribution in [3.05, 3.63) is 45.9 Å². The predicted molar refractivity (Wildman–Crippen MR) is 98.3 cm³/mol. The second-order valence-corrected chi connectivity index (χ2v) is 7.30. The number of nitrogens with zero attached hydrogens (tertiary/aromatic N) is 1. The van der Waals surface area contributed by atoms with Crippen LogP contribution in [0.15, 0.2) is 29.6 Å². The normalized spacial score (nSPS) is 15.8. The quantitative estimate of drug-likeness (QED) is 0.782. The standard InChI is InChI=1S/C18H19ClN2O3S/c1-2-24-15(22)14-11-25-17(20-14)21-16(23)18(9-3-4-10-18)12-5-7-13(19)8-6-12/h5-8,11H,2-4,9-10H2,1H3,(H,20,21,23). The van der Waals surface area contributed by atoms with E-state index in [0.29, 0.717) is 10.2 Å². The van der Waals surface area contributed by atoms with Crippen LogP contribution in [-0.4, -0.2) is 23.5 Å². The topological polar surface area (TPSA) is 68.3 Å². The molecule has 2 aromatic rings. The summed E-state index contributed by atoms with van der Waals surface area (Å²) in [4.78, 5) is 28.9. The molecule has 0 spiro atoms. The maximum absolute atomic E-state index is 13.0. The van der Waals surface area contributed by atoms with Crippen molar-refractivity contribution in [2.24, 2.45) is 0 Å². The molecule has 1 fully saturated rings. The third-order valence-corrected chi connectivity index (χ3v) is 5.51. The number of halogens is 1. The van der Waals surface area contributed by atoms with Crippen LogP contribution >= 0.6 is 22.9 Å². The SMILES string of the molecule is CCOC(=O)c1csc(NC(=O)C2(c3ccc(Cl)cc3)CCCC2)n1. The highest BCUT2D eigenvalue weighted by Crippen LogP contribution is 2.42. The van der Waals surface area contributed by atoms with Crippen LogP contribution in [0.25, 0.3) is 0 Å². The van der Waals surface area contributed by atoms with Gasteiger partial charge in [0, 0.05) is 10.4 Å². The highest BCUT2D eigenvalue weighted by molar-refractivity contribution is 7.14. The largest absolute Gasteiger partial charge is 0.461 e. The molecule has 0 aliphatic heterocycles. The van der Waals surface area contributed by atoms with Crippen LogP contribution in [0.3, 0.4) is 0 Å². The molecule has 0 bridgehead atoms. The van der Waals surface area contributed by atoms with Gasteiger partial charge in [0.05, 0.1) is 12.0 Å². The Labute approximate surface area is 155 Å². The molecule has 7 heteroatoms. The summed E-state index contributed by atoms with van der Waals surface area (Å²) >= 11 is 7.20. The van der Waals surface area contributed by atoms with Gasteiger partial charge < -0.3 is 10.1 Å². The maximum Gasteiger partial charge on any atom is 0.357 e. The lowest BCUT2D eigenvalue weighted by atomic mass is 9.78. The Bertz CT molecular complexity index is 767. The molecule has 1 N–H and O–H groups in total. The first-order valence-corrected chi connectivity index (χ1v) is 9.51. The Morgan fingerprint density at radius 3 is 2.60 bits per heavy atom. The van der Waals surface area contributed by atoms with E-state index >= 15 is 0 Å². The van der Waals surface area contributed by atoms with Crippen LogP contribution in [0.5, 0.6) is 0 Å². The Morgan fingerprint density at radius 2 is 1.96 bits per heavy atom. The lowest BCUT2D eigenvalue weighted by molar-refractivity contribution is -0.121. The number of nitrogens with one attached hydrogen (secondary N) is 1. The predicted octanol–water partition coefficient (Wildman–Crippen LogP) is 4.42. The number of carbonyl (C=O) groups excluding carboxylic acids is 2. The van der Waals surface area contributed by atoms with Gasteiger partial charge in [0.25, 0.3) is 0 Å². The van der Waals surface area contributed by atoms with Crippen molar-refractivity contribution < 1.29 is 14.3 Å². The smallest absolute Gasteiger partial charge is 0.357 e. The molecule has 1 aromatic heterocycles. The Balaban J connectivity index is 1.80. The summed E-state index contributed by atoms with van der Waals surface area (Å²) in [5.74, 6) is -0.565. The minimum Gasteiger partial charge on any atom is -0.461 e. The zero-order chi connectivity index (χ0) is 17.9. The molecule has 132 valence electrons. The summed E-state index contributed by atoms with van der Waals surface area (Å²) in [6, 6.07) is 7.46. The van der Waals surface area contributed by atoms with Crippen molar-refractivity contribution in [2.45, 2.75) is 38.0 Å². The number of carbonyl (C=O) groups is 2. The lowest BCUT2D eigenvalue weighted by Crippen LogP contribution is -2.38. The number of thiazole rings is 1. The first-order valence-electron chi connectivity index (χ1n) is 8.25. The van der Waals surface area contributed by atoms with Crippen LogP contribution in [-0.2, 0) is 14.9 Å². The van der Waals surface area contributed by atoms with Gasteiger partial charge in [-0.15, -0.1) is 11.3 Å². The van der Waals surface area contributed by atoms with E-state index in [2.05, 4.69) is 10.3 Å². The average Bonchev–Trinajstić information content (AvgIpc) is 3.26. The van der Waals surface area contributed by atoms with E-state index in [-0.39, 0.29) is 18.2 Å². The Morgan fingerprint density at radius 1 is 1.28 bits per heavy atom. The third kappa shape index (κ3) is 3.70. The monoisotopic (exact) mass is 378 g/mol. The molecule has 0 atom stereocenters. The molecule has 0 saturated heterocycles. The summed E-state index contributed by atoms with van der Waals surface area (Å²) < 4.78 is 4.93. The molecule has 25 heavy (non-hydrogen) atoms. The molecular formula is C18H19ClN2O3S. The van der Waals surface area contributed by atoms with Gasteiger partial charge in [-0.05, 0) is 37.5 Å². The van der Waals surface area contributed by atoms with E-state index in [1.54, 1.807) is 12.3 Å². The summed E-state index contributed by atoms with van der Waals surface area (Å²) in [7, 11) is 0. The van der Waals surface area contributed by atoms with E-state index in [4.69, 9.17) is 16.3 Å². The lowest BCUT2D eigenvalue weighted by Gasteiger charge is -2.27. The zero-order valence-electron chi connectivity index (χ0n) is 13.9. The van der Waals surface area contributed by atoms with Crippen LogP contribution in [0.1, 0.15) is 48.7 Å². The van der Waals surface area contributed by atoms with Gasteiger partial charge in [0.15, 0.2) is 10.8 Å². The number of benzene rings is 1. The van der Waals surface area contributed by atoms with Gasteiger partial charge in [-0.25, -0.2) is 9.78 Å². The summed E-state index contributed by atoms with van der Waals surface area (Å²) in [6.45, 7) is 2.03. The van der Waals surface area contributed by atoms with Crippen LogP contribution in [0.4, 0.5) is 5.13 Å². The van der Waals surface area contributed by atoms with Crippen molar-refractivity contribution in [1.82, 2.24) is 4.98 Å². The van der Waals surface area contributed by atoms with Crippen molar-refractivity contribution in [1.29, 1.82) is 0 Å². The number of esters is 1. The summed E-state index contributed by atoms with van der Waals surface area (Å²) in [5.41, 5.74) is 0.614. The molecule has 0 radical (unpaired) electrons. The number of hydrogen-bond donors (Lipinski definition) is 1. The minimum atomic E-state index is -0.569. The fourth-order valence-electron chi connectivity index (χ4n) is 3.24. The molecule has 3 rings (SSSR count). The molecule has 1 aliphatic rings. The van der Waals surface area contributed by atoms with E-state index in [1.165, 1.54) is 11.3 Å². The molecule has 1 aromatic carbocycles. The van der Waals surface area contributed by atoms with Crippen molar-refractivity contribution in [3.8, 4) is 0 Å². The van der Waals surface area contributed by atoms with Crippen molar-refractivity contribution in [2.75, 3.05) is 11.9 Å². The van der Waals surface area contributed by atoms with Gasteiger partial charge in [0.1, 0.15) is 0 Å². The van der Waals surface area contributed by atoms with Crippen molar-refractivity contribution >= 4 is 39.9 Å². The maximum atomic E-state index is 13.0. The fourth-order valence-corrected chi connectivity index (χ4v) is 4.04. The number of ether oxygens (including phenoxy) is 1. The highest BCUT2D eigenvalue weighted by atomic mass is 35.5. The van der Waals surface area contributed by atoms with Gasteiger partial charge >= 0.3 is 5.97 Å². The first-order chi connectivity index (χ1) is 12.0. The molecule has 1 saturated carbocycles. The van der Waals surface area contributed by atoms with Crippen LogP contribution in [0.2, 0.25) is 5.02 Å². The van der Waals surface area contributed by atoms with E-state index in [9.17, 15) is 9.59 Å². The van der Waals surface area contributed by atoms with Crippen LogP contribution < -0.4 is 5.32 Å². The number of amides is 1. The third-order valence-electron chi connectivity index (χ3n) is 4.50. The molecule has 1 heterocycles. The van der Waals surface area contributed by atoms with Gasteiger partial charge in [-0.1, -0.05) is 36.6 Å². The number of hydrogen-bond acceptors (Lipinski definition) is 5. The molecule has 0 unspecified atom stereocenters. The number of aromatic nitrogens is 1. The fraction of sp³-hybridized carbons (Fsp3) is 0.389. The molecular weight excluding hydrogens is 360 g/mol. The van der Waals surface area contributed by atoms with Gasteiger partial charge in [0.2, 0.25) is 5.91 Å². The molecule has 1 amide bonds. The second kappa shape index (κ2) is 7.54. The zero-order valence-corrected chi connectivity index (χ0v) is 15.5. The van der Waals surface area contributed by atoms with E-state index in [1.807, 2.05) is 24.3 Å². The first kappa shape index (κ1) is 17.9. The minimum absolute atomic E-state index is 0.0860. The van der Waals surface area contributed by atoms with Gasteiger partial charge in [-0.2, -0.15) is 0 Å². The molecule has 5 nitrogen and oxygen atoms in total. The van der Waals surface area contributed by atoms with E-state index in [0.717, 1.165) is 31.2 Å². The van der Waals surface area contributed by atoms with Gasteiger partial charge in [-0.3, -0.25) is 4.79 Å². The highest BCUT2D eigenvalue weighted by Gasteiger charge is 2.43. The summed E-state index contributed by atoms with van der Waals surface area (Å²) in [5, 5.41) is 5.54. The second-order valence-electron chi connectivity index (χ2n) is 6.01. The average molecular weight is 379 g/mol. The van der Waals surface area contributed by atoms with Crippen LogP contribution in [0, 0.1) is 0 Å². The van der Waals surface area contributed by atoms with Crippen molar-refractivity contribution in [3.63, 3.8) is 0 Å². The molecule has 1 aliphatic carbocycles. The number of rotatable bonds is 5. The van der Waals surface area contributed by atoms with E-state index < -0.39 is 11.4 Å².